The third-order valence-electron chi connectivity index (χ3n) is 3.24. The van der Waals surface area contributed by atoms with Crippen LogP contribution in [-0.2, 0) is 0 Å². The van der Waals surface area contributed by atoms with Gasteiger partial charge in [-0.15, -0.1) is 0 Å². The summed E-state index contributed by atoms with van der Waals surface area (Å²) in [4.78, 5) is 8.80. The van der Waals surface area contributed by atoms with Crippen LogP contribution in [-0.4, -0.2) is 44.0 Å². The molecule has 20 heavy (non-hydrogen) atoms. The third-order valence-corrected chi connectivity index (χ3v) is 3.24. The molecule has 0 bridgehead atoms. The fraction of sp³-hybridized carbons (Fsp3) is 0.615. The van der Waals surface area contributed by atoms with Crippen molar-refractivity contribution in [2.24, 2.45) is 0 Å². The lowest BCUT2D eigenvalue weighted by molar-refractivity contribution is 0.0697. The van der Waals surface area contributed by atoms with Crippen LogP contribution in [0.25, 0.3) is 11.0 Å². The Hall–Kier alpha value is -1.89. The van der Waals surface area contributed by atoms with Gasteiger partial charge in [0, 0.05) is 13.1 Å². The van der Waals surface area contributed by atoms with E-state index in [1.807, 2.05) is 6.92 Å². The first kappa shape index (κ1) is 14.5. The molecule has 0 aromatic carbocycles. The molecule has 4 N–H and O–H groups in total. The number of aliphatic hydroxyl groups is 1. The van der Waals surface area contributed by atoms with E-state index in [9.17, 15) is 5.11 Å². The van der Waals surface area contributed by atoms with Crippen LogP contribution in [0.15, 0.2) is 6.20 Å². The number of H-pyrrole nitrogens is 1. The van der Waals surface area contributed by atoms with Crippen molar-refractivity contribution in [1.82, 2.24) is 20.2 Å². The normalized spacial score (nSPS) is 14.2. The molecule has 0 radical (unpaired) electrons. The van der Waals surface area contributed by atoms with Crippen LogP contribution in [0.3, 0.4) is 0 Å². The zero-order valence-electron chi connectivity index (χ0n) is 12.2. The molecule has 0 aliphatic heterocycles. The standard InChI is InChI=1S/C13H22N6O/c1-4-6-14-12-17-10(15-8-13(3,20)5-2)9-7-16-19-11(9)18-12/h7,20H,4-6,8H2,1-3H3,(H3,14,15,16,17,18,19). The second kappa shape index (κ2) is 6.04. The minimum Gasteiger partial charge on any atom is -0.388 e. The summed E-state index contributed by atoms with van der Waals surface area (Å²) in [5.74, 6) is 1.23. The molecule has 2 rings (SSSR count). The number of hydrogen-bond donors (Lipinski definition) is 4. The van der Waals surface area contributed by atoms with Crippen LogP contribution >= 0.6 is 0 Å². The summed E-state index contributed by atoms with van der Waals surface area (Å²) >= 11 is 0. The highest BCUT2D eigenvalue weighted by atomic mass is 16.3. The molecule has 0 spiro atoms. The van der Waals surface area contributed by atoms with Crippen molar-refractivity contribution >= 4 is 22.8 Å². The summed E-state index contributed by atoms with van der Waals surface area (Å²) in [6, 6.07) is 0. The van der Waals surface area contributed by atoms with E-state index in [4.69, 9.17) is 0 Å². The number of hydrogen-bond acceptors (Lipinski definition) is 6. The molecule has 110 valence electrons. The molecule has 2 aromatic rings. The topological polar surface area (TPSA) is 98.8 Å². The van der Waals surface area contributed by atoms with Gasteiger partial charge < -0.3 is 15.7 Å². The Morgan fingerprint density at radius 1 is 1.30 bits per heavy atom. The molecular formula is C13H22N6O. The van der Waals surface area contributed by atoms with Crippen molar-refractivity contribution in [3.8, 4) is 0 Å². The lowest BCUT2D eigenvalue weighted by Crippen LogP contribution is -2.32. The Labute approximate surface area is 118 Å². The fourth-order valence-electron chi connectivity index (χ4n) is 1.68. The molecule has 2 heterocycles. The molecule has 7 nitrogen and oxygen atoms in total. The second-order valence-electron chi connectivity index (χ2n) is 5.16. The predicted molar refractivity (Wildman–Crippen MR) is 79.9 cm³/mol. The van der Waals surface area contributed by atoms with Gasteiger partial charge in [0.15, 0.2) is 5.65 Å². The number of nitrogens with zero attached hydrogens (tertiary/aromatic N) is 3. The molecule has 0 saturated heterocycles. The number of nitrogens with one attached hydrogen (secondary N) is 3. The van der Waals surface area contributed by atoms with Crippen LogP contribution in [0.5, 0.6) is 0 Å². The molecule has 0 amide bonds. The van der Waals surface area contributed by atoms with Crippen molar-refractivity contribution in [2.75, 3.05) is 23.7 Å². The maximum absolute atomic E-state index is 10.1. The van der Waals surface area contributed by atoms with Crippen LogP contribution < -0.4 is 10.6 Å². The molecular weight excluding hydrogens is 256 g/mol. The quantitative estimate of drug-likeness (QED) is 0.616. The highest BCUT2D eigenvalue weighted by molar-refractivity contribution is 5.86. The number of aromatic amines is 1. The monoisotopic (exact) mass is 278 g/mol. The van der Waals surface area contributed by atoms with E-state index >= 15 is 0 Å². The van der Waals surface area contributed by atoms with Gasteiger partial charge in [-0.1, -0.05) is 13.8 Å². The molecule has 0 aliphatic rings. The number of aromatic nitrogens is 4. The van der Waals surface area contributed by atoms with E-state index in [1.165, 1.54) is 0 Å². The number of rotatable bonds is 7. The maximum atomic E-state index is 10.1. The summed E-state index contributed by atoms with van der Waals surface area (Å²) < 4.78 is 0. The molecule has 0 aliphatic carbocycles. The Balaban J connectivity index is 2.23. The van der Waals surface area contributed by atoms with Crippen LogP contribution in [0.4, 0.5) is 11.8 Å². The van der Waals surface area contributed by atoms with E-state index < -0.39 is 5.60 Å². The second-order valence-corrected chi connectivity index (χ2v) is 5.16. The summed E-state index contributed by atoms with van der Waals surface area (Å²) in [5.41, 5.74) is -0.0878. The van der Waals surface area contributed by atoms with E-state index in [1.54, 1.807) is 13.1 Å². The van der Waals surface area contributed by atoms with Crippen LogP contribution in [0.2, 0.25) is 0 Å². The molecule has 0 saturated carbocycles. The smallest absolute Gasteiger partial charge is 0.226 e. The highest BCUT2D eigenvalue weighted by Gasteiger charge is 2.18. The van der Waals surface area contributed by atoms with Gasteiger partial charge in [0.2, 0.25) is 5.95 Å². The first-order valence-corrected chi connectivity index (χ1v) is 6.97. The number of fused-ring (bicyclic) bond motifs is 1. The van der Waals surface area contributed by atoms with E-state index in [0.717, 1.165) is 18.4 Å². The Morgan fingerprint density at radius 3 is 2.80 bits per heavy atom. The molecule has 1 unspecified atom stereocenters. The zero-order valence-corrected chi connectivity index (χ0v) is 12.2. The lowest BCUT2D eigenvalue weighted by atomic mass is 10.0. The lowest BCUT2D eigenvalue weighted by Gasteiger charge is -2.22. The third kappa shape index (κ3) is 3.36. The van der Waals surface area contributed by atoms with Crippen molar-refractivity contribution in [1.29, 1.82) is 0 Å². The van der Waals surface area contributed by atoms with E-state index in [2.05, 4.69) is 37.7 Å². The van der Waals surface area contributed by atoms with Crippen molar-refractivity contribution in [3.05, 3.63) is 6.20 Å². The fourth-order valence-corrected chi connectivity index (χ4v) is 1.68. The Kier molecular flexibility index (Phi) is 4.39. The summed E-state index contributed by atoms with van der Waals surface area (Å²) in [7, 11) is 0. The molecule has 7 heteroatoms. The highest BCUT2D eigenvalue weighted by Crippen LogP contribution is 2.21. The molecule has 0 fully saturated rings. The minimum absolute atomic E-state index is 0.425. The summed E-state index contributed by atoms with van der Waals surface area (Å²) in [6.07, 6.45) is 3.35. The van der Waals surface area contributed by atoms with E-state index in [0.29, 0.717) is 30.4 Å². The van der Waals surface area contributed by atoms with Crippen molar-refractivity contribution in [2.45, 2.75) is 39.2 Å². The van der Waals surface area contributed by atoms with Gasteiger partial charge >= 0.3 is 0 Å². The Bertz CT molecular complexity index is 565. The van der Waals surface area contributed by atoms with Gasteiger partial charge in [-0.25, -0.2) is 0 Å². The number of anilines is 2. The van der Waals surface area contributed by atoms with Gasteiger partial charge in [0.1, 0.15) is 5.82 Å². The maximum Gasteiger partial charge on any atom is 0.226 e. The van der Waals surface area contributed by atoms with E-state index in [-0.39, 0.29) is 0 Å². The van der Waals surface area contributed by atoms with Gasteiger partial charge in [-0.3, -0.25) is 5.10 Å². The largest absolute Gasteiger partial charge is 0.388 e. The average molecular weight is 278 g/mol. The molecule has 2 aromatic heterocycles. The van der Waals surface area contributed by atoms with Gasteiger partial charge in [0.05, 0.1) is 17.2 Å². The molecule has 1 atom stereocenters. The first-order valence-electron chi connectivity index (χ1n) is 6.97. The van der Waals surface area contributed by atoms with Crippen LogP contribution in [0.1, 0.15) is 33.6 Å². The predicted octanol–water partition coefficient (Wildman–Crippen LogP) is 1.75. The average Bonchev–Trinajstić information content (AvgIpc) is 2.91. The van der Waals surface area contributed by atoms with Gasteiger partial charge in [-0.2, -0.15) is 15.1 Å². The van der Waals surface area contributed by atoms with Crippen LogP contribution in [0, 0.1) is 0 Å². The summed E-state index contributed by atoms with van der Waals surface area (Å²) in [5, 5.41) is 24.1. The summed E-state index contributed by atoms with van der Waals surface area (Å²) in [6.45, 7) is 7.06. The van der Waals surface area contributed by atoms with Gasteiger partial charge in [0.25, 0.3) is 0 Å². The first-order chi connectivity index (χ1) is 9.55. The van der Waals surface area contributed by atoms with Gasteiger partial charge in [-0.05, 0) is 19.8 Å². The zero-order chi connectivity index (χ0) is 14.6. The van der Waals surface area contributed by atoms with Crippen molar-refractivity contribution < 1.29 is 5.11 Å². The minimum atomic E-state index is -0.766. The Morgan fingerprint density at radius 2 is 2.10 bits per heavy atom. The SMILES string of the molecule is CCCNc1nc(NCC(C)(O)CC)c2cn[nH]c2n1. The van der Waals surface area contributed by atoms with Crippen molar-refractivity contribution in [3.63, 3.8) is 0 Å².